The predicted molar refractivity (Wildman–Crippen MR) is 124 cm³/mol. The van der Waals surface area contributed by atoms with E-state index >= 15 is 0 Å². The van der Waals surface area contributed by atoms with Crippen molar-refractivity contribution >= 4 is 5.91 Å². The van der Waals surface area contributed by atoms with Crippen molar-refractivity contribution in [1.29, 1.82) is 0 Å². The average molecular weight is 457 g/mol. The van der Waals surface area contributed by atoms with E-state index in [9.17, 15) is 4.79 Å². The van der Waals surface area contributed by atoms with Gasteiger partial charge >= 0.3 is 0 Å². The van der Waals surface area contributed by atoms with Crippen molar-refractivity contribution in [3.63, 3.8) is 0 Å². The van der Waals surface area contributed by atoms with E-state index in [0.29, 0.717) is 36.0 Å². The topological polar surface area (TPSA) is 95.3 Å². The van der Waals surface area contributed by atoms with Crippen LogP contribution in [0.4, 0.5) is 0 Å². The van der Waals surface area contributed by atoms with E-state index in [1.807, 2.05) is 53.4 Å². The number of piperidine rings is 1. The van der Waals surface area contributed by atoms with Gasteiger partial charge in [-0.2, -0.15) is 0 Å². The molecule has 172 valence electrons. The Hall–Kier alpha value is -4.27. The predicted octanol–water partition coefficient (Wildman–Crippen LogP) is 3.88. The summed E-state index contributed by atoms with van der Waals surface area (Å²) in [5, 5.41) is 7.67. The second kappa shape index (κ2) is 9.70. The minimum absolute atomic E-state index is 0.00555. The Morgan fingerprint density at radius 3 is 2.68 bits per heavy atom. The van der Waals surface area contributed by atoms with Crippen LogP contribution in [-0.2, 0) is 0 Å². The van der Waals surface area contributed by atoms with Gasteiger partial charge < -0.3 is 14.4 Å². The fourth-order valence-electron chi connectivity index (χ4n) is 4.14. The molecule has 1 saturated heterocycles. The van der Waals surface area contributed by atoms with Crippen LogP contribution < -0.4 is 9.47 Å². The van der Waals surface area contributed by atoms with Crippen LogP contribution in [0.3, 0.4) is 0 Å². The molecule has 1 atom stereocenters. The van der Waals surface area contributed by atoms with Gasteiger partial charge in [-0.25, -0.2) is 4.98 Å². The van der Waals surface area contributed by atoms with Gasteiger partial charge in [0, 0.05) is 36.5 Å². The SMILES string of the molecule is COc1ccccc1Oc1cncc([C@H]2CCCN(C(=O)c3cccc(-n4cnnc4)c3)C2)n1. The summed E-state index contributed by atoms with van der Waals surface area (Å²) in [7, 11) is 1.60. The fraction of sp³-hybridized carbons (Fsp3) is 0.240. The highest BCUT2D eigenvalue weighted by atomic mass is 16.5. The van der Waals surface area contributed by atoms with Gasteiger partial charge in [-0.3, -0.25) is 14.3 Å². The first-order valence-electron chi connectivity index (χ1n) is 11.1. The number of para-hydroxylation sites is 2. The van der Waals surface area contributed by atoms with Crippen molar-refractivity contribution in [3.05, 3.63) is 84.8 Å². The number of benzene rings is 2. The van der Waals surface area contributed by atoms with E-state index < -0.39 is 0 Å². The van der Waals surface area contributed by atoms with Gasteiger partial charge in [0.25, 0.3) is 5.91 Å². The lowest BCUT2D eigenvalue weighted by molar-refractivity contribution is 0.0705. The first kappa shape index (κ1) is 21.6. The Labute approximate surface area is 197 Å². The normalized spacial score (nSPS) is 15.7. The van der Waals surface area contributed by atoms with Crippen molar-refractivity contribution in [2.45, 2.75) is 18.8 Å². The number of carbonyl (C=O) groups is 1. The summed E-state index contributed by atoms with van der Waals surface area (Å²) in [4.78, 5) is 24.2. The van der Waals surface area contributed by atoms with Crippen LogP contribution in [0.15, 0.2) is 73.6 Å². The molecule has 34 heavy (non-hydrogen) atoms. The van der Waals surface area contributed by atoms with Gasteiger partial charge in [0.1, 0.15) is 12.7 Å². The first-order valence-corrected chi connectivity index (χ1v) is 11.1. The molecule has 5 rings (SSSR count). The zero-order valence-electron chi connectivity index (χ0n) is 18.7. The molecule has 2 aromatic carbocycles. The third-order valence-corrected chi connectivity index (χ3v) is 5.85. The van der Waals surface area contributed by atoms with Gasteiger partial charge in [-0.1, -0.05) is 18.2 Å². The monoisotopic (exact) mass is 456 g/mol. The fourth-order valence-corrected chi connectivity index (χ4v) is 4.14. The third-order valence-electron chi connectivity index (χ3n) is 5.85. The highest BCUT2D eigenvalue weighted by Gasteiger charge is 2.27. The molecular weight excluding hydrogens is 432 g/mol. The lowest BCUT2D eigenvalue weighted by Gasteiger charge is -2.32. The number of hydrogen-bond donors (Lipinski definition) is 0. The molecule has 0 radical (unpaired) electrons. The van der Waals surface area contributed by atoms with E-state index in [0.717, 1.165) is 24.2 Å². The van der Waals surface area contributed by atoms with Crippen LogP contribution >= 0.6 is 0 Å². The van der Waals surface area contributed by atoms with Gasteiger partial charge in [0.2, 0.25) is 5.88 Å². The number of amides is 1. The zero-order chi connectivity index (χ0) is 23.3. The molecule has 2 aromatic heterocycles. The Morgan fingerprint density at radius 1 is 1.03 bits per heavy atom. The summed E-state index contributed by atoms with van der Waals surface area (Å²) in [6, 6.07) is 14.9. The Balaban J connectivity index is 1.31. The van der Waals surface area contributed by atoms with Crippen LogP contribution in [0.5, 0.6) is 17.4 Å². The van der Waals surface area contributed by atoms with Crippen LogP contribution in [-0.4, -0.2) is 55.7 Å². The second-order valence-corrected chi connectivity index (χ2v) is 8.04. The molecule has 1 aliphatic rings. The molecule has 0 saturated carbocycles. The third kappa shape index (κ3) is 4.59. The van der Waals surface area contributed by atoms with Crippen LogP contribution in [0, 0.1) is 0 Å². The number of methoxy groups -OCH3 is 1. The molecule has 0 aliphatic carbocycles. The molecule has 0 N–H and O–H groups in total. The molecule has 0 unspecified atom stereocenters. The maximum Gasteiger partial charge on any atom is 0.253 e. The summed E-state index contributed by atoms with van der Waals surface area (Å²) in [6.07, 6.45) is 8.37. The van der Waals surface area contributed by atoms with Crippen molar-refractivity contribution in [1.82, 2.24) is 29.6 Å². The van der Waals surface area contributed by atoms with Gasteiger partial charge in [0.15, 0.2) is 11.5 Å². The lowest BCUT2D eigenvalue weighted by atomic mass is 9.94. The molecule has 0 spiro atoms. The van der Waals surface area contributed by atoms with Crippen LogP contribution in [0.25, 0.3) is 5.69 Å². The lowest BCUT2D eigenvalue weighted by Crippen LogP contribution is -2.39. The quantitative estimate of drug-likeness (QED) is 0.434. The molecule has 1 aliphatic heterocycles. The van der Waals surface area contributed by atoms with Gasteiger partial charge in [-0.05, 0) is 43.2 Å². The van der Waals surface area contributed by atoms with E-state index in [1.165, 1.54) is 0 Å². The molecule has 9 heteroatoms. The van der Waals surface area contributed by atoms with Gasteiger partial charge in [-0.15, -0.1) is 10.2 Å². The van der Waals surface area contributed by atoms with Crippen molar-refractivity contribution < 1.29 is 14.3 Å². The molecular formula is C25H24N6O3. The summed E-state index contributed by atoms with van der Waals surface area (Å²) in [5.41, 5.74) is 2.28. The molecule has 1 fully saturated rings. The van der Waals surface area contributed by atoms with Crippen molar-refractivity contribution in [2.75, 3.05) is 20.2 Å². The number of nitrogens with zero attached hydrogens (tertiary/aromatic N) is 6. The number of aromatic nitrogens is 5. The summed E-state index contributed by atoms with van der Waals surface area (Å²) in [5.74, 6) is 1.66. The first-order chi connectivity index (χ1) is 16.7. The highest BCUT2D eigenvalue weighted by molar-refractivity contribution is 5.94. The number of rotatable bonds is 6. The molecule has 9 nitrogen and oxygen atoms in total. The summed E-state index contributed by atoms with van der Waals surface area (Å²) in [6.45, 7) is 1.28. The molecule has 4 aromatic rings. The summed E-state index contributed by atoms with van der Waals surface area (Å²) >= 11 is 0. The maximum absolute atomic E-state index is 13.3. The maximum atomic E-state index is 13.3. The minimum Gasteiger partial charge on any atom is -0.493 e. The van der Waals surface area contributed by atoms with Crippen LogP contribution in [0.2, 0.25) is 0 Å². The van der Waals surface area contributed by atoms with E-state index in [-0.39, 0.29) is 11.8 Å². The number of ether oxygens (including phenoxy) is 2. The van der Waals surface area contributed by atoms with Crippen LogP contribution in [0.1, 0.15) is 34.8 Å². The highest BCUT2D eigenvalue weighted by Crippen LogP contribution is 2.32. The average Bonchev–Trinajstić information content (AvgIpc) is 3.44. The number of hydrogen-bond acceptors (Lipinski definition) is 7. The van der Waals surface area contributed by atoms with Gasteiger partial charge in [0.05, 0.1) is 19.0 Å². The van der Waals surface area contributed by atoms with Crippen molar-refractivity contribution in [2.24, 2.45) is 0 Å². The van der Waals surface area contributed by atoms with E-state index in [1.54, 1.807) is 36.7 Å². The molecule has 1 amide bonds. The van der Waals surface area contributed by atoms with E-state index in [4.69, 9.17) is 9.47 Å². The summed E-state index contributed by atoms with van der Waals surface area (Å²) < 4.78 is 13.1. The number of likely N-dealkylation sites (tertiary alicyclic amines) is 1. The molecule has 3 heterocycles. The largest absolute Gasteiger partial charge is 0.493 e. The Bertz CT molecular complexity index is 1280. The van der Waals surface area contributed by atoms with E-state index in [2.05, 4.69) is 20.2 Å². The zero-order valence-corrected chi connectivity index (χ0v) is 18.7. The van der Waals surface area contributed by atoms with Crippen molar-refractivity contribution in [3.8, 4) is 23.1 Å². The minimum atomic E-state index is -0.00555. The molecule has 0 bridgehead atoms. The second-order valence-electron chi connectivity index (χ2n) is 8.04. The number of carbonyl (C=O) groups excluding carboxylic acids is 1. The Kier molecular flexibility index (Phi) is 6.15. The standard InChI is InChI=1S/C25H24N6O3/c1-33-22-9-2-3-10-23(22)34-24-14-26-13-21(29-24)19-7-5-11-30(15-19)25(32)18-6-4-8-20(12-18)31-16-27-28-17-31/h2-4,6,8-10,12-14,16-17,19H,5,7,11,15H2,1H3/t19-/m0/s1. The smallest absolute Gasteiger partial charge is 0.253 e. The Morgan fingerprint density at radius 2 is 1.85 bits per heavy atom.